The Kier molecular flexibility index (Phi) is 5.97. The maximum Gasteiger partial charge on any atom is 0.235 e. The minimum Gasteiger partial charge on any atom is -0.342 e. The van der Waals surface area contributed by atoms with Crippen molar-refractivity contribution >= 4 is 33.6 Å². The second-order valence-electron chi connectivity index (χ2n) is 5.43. The molecule has 1 saturated carbocycles. The van der Waals surface area contributed by atoms with Crippen molar-refractivity contribution in [3.63, 3.8) is 0 Å². The van der Waals surface area contributed by atoms with E-state index in [9.17, 15) is 4.79 Å². The molecule has 0 saturated heterocycles. The number of hydrogen-bond donors (Lipinski definition) is 0. The maximum atomic E-state index is 12.5. The van der Waals surface area contributed by atoms with Gasteiger partial charge in [-0.15, -0.1) is 11.8 Å². The number of nitrogens with zero attached hydrogens (tertiary/aromatic N) is 1. The van der Waals surface area contributed by atoms with Crippen LogP contribution < -0.4 is 0 Å². The average molecular weight is 356 g/mol. The van der Waals surface area contributed by atoms with E-state index in [-0.39, 0.29) is 11.2 Å². The summed E-state index contributed by atoms with van der Waals surface area (Å²) in [7, 11) is 1.97. The van der Waals surface area contributed by atoms with Crippen LogP contribution >= 0.6 is 27.7 Å². The van der Waals surface area contributed by atoms with Gasteiger partial charge in [-0.1, -0.05) is 31.4 Å². The highest BCUT2D eigenvalue weighted by molar-refractivity contribution is 9.10. The first kappa shape index (κ1) is 15.9. The Morgan fingerprint density at radius 2 is 1.95 bits per heavy atom. The quantitative estimate of drug-likeness (QED) is 0.728. The monoisotopic (exact) mass is 355 g/mol. The van der Waals surface area contributed by atoms with Gasteiger partial charge in [-0.05, 0) is 47.8 Å². The molecule has 1 aromatic carbocycles. The minimum atomic E-state index is -0.0411. The third-order valence-electron chi connectivity index (χ3n) is 3.96. The number of benzene rings is 1. The van der Waals surface area contributed by atoms with Crippen LogP contribution in [0.15, 0.2) is 33.6 Å². The van der Waals surface area contributed by atoms with Crippen LogP contribution in [0.1, 0.15) is 39.0 Å². The average Bonchev–Trinajstić information content (AvgIpc) is 2.49. The summed E-state index contributed by atoms with van der Waals surface area (Å²) < 4.78 is 1.06. The van der Waals surface area contributed by atoms with Gasteiger partial charge in [-0.3, -0.25) is 4.79 Å². The Hall–Kier alpha value is -0.480. The molecule has 2 nitrogen and oxygen atoms in total. The Bertz CT molecular complexity index is 460. The van der Waals surface area contributed by atoms with Crippen molar-refractivity contribution < 1.29 is 4.79 Å². The molecule has 1 aromatic rings. The standard InChI is InChI=1S/C16H22BrNOS/c1-12(20-15-11-7-6-10-14(15)17)16(19)18(2)13-8-4-3-5-9-13/h6-7,10-13H,3-5,8-9H2,1-2H3. The molecule has 1 fully saturated rings. The highest BCUT2D eigenvalue weighted by Gasteiger charge is 2.26. The van der Waals surface area contributed by atoms with Crippen LogP contribution in [0.25, 0.3) is 0 Å². The first-order chi connectivity index (χ1) is 9.59. The molecular formula is C16H22BrNOS. The predicted molar refractivity (Wildman–Crippen MR) is 89.1 cm³/mol. The highest BCUT2D eigenvalue weighted by Crippen LogP contribution is 2.32. The lowest BCUT2D eigenvalue weighted by atomic mass is 9.94. The minimum absolute atomic E-state index is 0.0411. The summed E-state index contributed by atoms with van der Waals surface area (Å²) in [5.74, 6) is 0.248. The normalized spacial score (nSPS) is 17.8. The Morgan fingerprint density at radius 1 is 1.30 bits per heavy atom. The summed E-state index contributed by atoms with van der Waals surface area (Å²) in [6.45, 7) is 2.01. The van der Waals surface area contributed by atoms with Crippen LogP contribution in [-0.4, -0.2) is 29.1 Å². The van der Waals surface area contributed by atoms with Crippen molar-refractivity contribution in [2.45, 2.75) is 55.2 Å². The summed E-state index contributed by atoms with van der Waals surface area (Å²) in [5, 5.41) is -0.0411. The van der Waals surface area contributed by atoms with E-state index in [1.165, 1.54) is 19.3 Å². The lowest BCUT2D eigenvalue weighted by Gasteiger charge is -2.32. The molecule has 4 heteroatoms. The number of carbonyl (C=O) groups excluding carboxylic acids is 1. The number of carbonyl (C=O) groups is 1. The van der Waals surface area contributed by atoms with E-state index >= 15 is 0 Å². The molecular weight excluding hydrogens is 334 g/mol. The van der Waals surface area contributed by atoms with E-state index in [2.05, 4.69) is 22.0 Å². The fourth-order valence-corrected chi connectivity index (χ4v) is 4.27. The van der Waals surface area contributed by atoms with Crippen molar-refractivity contribution in [1.29, 1.82) is 0 Å². The van der Waals surface area contributed by atoms with E-state index in [1.54, 1.807) is 11.8 Å². The molecule has 0 aliphatic heterocycles. The maximum absolute atomic E-state index is 12.5. The van der Waals surface area contributed by atoms with Crippen LogP contribution in [0.2, 0.25) is 0 Å². The molecule has 1 aliphatic rings. The fourth-order valence-electron chi connectivity index (χ4n) is 2.72. The Balaban J connectivity index is 1.96. The van der Waals surface area contributed by atoms with Crippen molar-refractivity contribution in [2.75, 3.05) is 7.05 Å². The van der Waals surface area contributed by atoms with E-state index in [1.807, 2.05) is 37.1 Å². The summed E-state index contributed by atoms with van der Waals surface area (Å²) >= 11 is 5.17. The van der Waals surface area contributed by atoms with Gasteiger partial charge in [0, 0.05) is 22.5 Å². The SMILES string of the molecule is CC(Sc1ccccc1Br)C(=O)N(C)C1CCCCC1. The van der Waals surface area contributed by atoms with E-state index in [4.69, 9.17) is 0 Å². The van der Waals surface area contributed by atoms with Gasteiger partial charge in [0.05, 0.1) is 5.25 Å². The molecule has 0 spiro atoms. The molecule has 1 unspecified atom stereocenters. The zero-order valence-corrected chi connectivity index (χ0v) is 14.5. The molecule has 110 valence electrons. The van der Waals surface area contributed by atoms with E-state index in [0.29, 0.717) is 6.04 Å². The molecule has 2 rings (SSSR count). The van der Waals surface area contributed by atoms with Crippen LogP contribution in [0, 0.1) is 0 Å². The summed E-state index contributed by atoms with van der Waals surface area (Å²) in [4.78, 5) is 15.7. The largest absolute Gasteiger partial charge is 0.342 e. The topological polar surface area (TPSA) is 20.3 Å². The first-order valence-corrected chi connectivity index (χ1v) is 8.94. The Labute approximate surface area is 134 Å². The van der Waals surface area contributed by atoms with Crippen molar-refractivity contribution in [1.82, 2.24) is 4.90 Å². The van der Waals surface area contributed by atoms with Gasteiger partial charge >= 0.3 is 0 Å². The number of hydrogen-bond acceptors (Lipinski definition) is 2. The number of halogens is 1. The second-order valence-corrected chi connectivity index (χ2v) is 7.67. The number of thioether (sulfide) groups is 1. The van der Waals surface area contributed by atoms with E-state index in [0.717, 1.165) is 22.2 Å². The molecule has 0 N–H and O–H groups in total. The third kappa shape index (κ3) is 4.01. The Morgan fingerprint density at radius 3 is 2.60 bits per heavy atom. The van der Waals surface area contributed by atoms with Gasteiger partial charge < -0.3 is 4.90 Å². The predicted octanol–water partition coefficient (Wildman–Crippen LogP) is 4.72. The summed E-state index contributed by atoms with van der Waals surface area (Å²) in [6.07, 6.45) is 6.16. The molecule has 1 amide bonds. The number of amides is 1. The molecule has 0 bridgehead atoms. The first-order valence-electron chi connectivity index (χ1n) is 7.27. The molecule has 1 atom stereocenters. The highest BCUT2D eigenvalue weighted by atomic mass is 79.9. The van der Waals surface area contributed by atoms with Crippen LogP contribution in [0.4, 0.5) is 0 Å². The lowest BCUT2D eigenvalue weighted by molar-refractivity contribution is -0.131. The smallest absolute Gasteiger partial charge is 0.235 e. The molecule has 0 radical (unpaired) electrons. The number of rotatable bonds is 4. The zero-order chi connectivity index (χ0) is 14.5. The van der Waals surface area contributed by atoms with Gasteiger partial charge in [-0.2, -0.15) is 0 Å². The van der Waals surface area contributed by atoms with Crippen molar-refractivity contribution in [3.8, 4) is 0 Å². The van der Waals surface area contributed by atoms with Crippen molar-refractivity contribution in [2.24, 2.45) is 0 Å². The zero-order valence-electron chi connectivity index (χ0n) is 12.1. The van der Waals surface area contributed by atoms with Crippen LogP contribution in [0.3, 0.4) is 0 Å². The lowest BCUT2D eigenvalue weighted by Crippen LogP contribution is -2.42. The van der Waals surface area contributed by atoms with Crippen LogP contribution in [-0.2, 0) is 4.79 Å². The summed E-state index contributed by atoms with van der Waals surface area (Å²) in [6, 6.07) is 8.52. The van der Waals surface area contributed by atoms with Gasteiger partial charge in [0.2, 0.25) is 5.91 Å². The third-order valence-corrected chi connectivity index (χ3v) is 6.08. The van der Waals surface area contributed by atoms with Gasteiger partial charge in [0.15, 0.2) is 0 Å². The molecule has 20 heavy (non-hydrogen) atoms. The summed E-state index contributed by atoms with van der Waals surface area (Å²) in [5.41, 5.74) is 0. The molecule has 0 aromatic heterocycles. The molecule has 1 aliphatic carbocycles. The van der Waals surface area contributed by atoms with Crippen LogP contribution in [0.5, 0.6) is 0 Å². The van der Waals surface area contributed by atoms with Gasteiger partial charge in [-0.25, -0.2) is 0 Å². The van der Waals surface area contributed by atoms with E-state index < -0.39 is 0 Å². The van der Waals surface area contributed by atoms with Crippen molar-refractivity contribution in [3.05, 3.63) is 28.7 Å². The van der Waals surface area contributed by atoms with Gasteiger partial charge in [0.25, 0.3) is 0 Å². The molecule has 0 heterocycles. The fraction of sp³-hybridized carbons (Fsp3) is 0.562. The second kappa shape index (κ2) is 7.51. The van der Waals surface area contributed by atoms with Gasteiger partial charge in [0.1, 0.15) is 0 Å².